The number of nitrogens with zero attached hydrogens (tertiary/aromatic N) is 1. The van der Waals surface area contributed by atoms with Gasteiger partial charge in [0.15, 0.2) is 0 Å². The third-order valence-corrected chi connectivity index (χ3v) is 4.66. The number of rotatable bonds is 5. The Bertz CT molecular complexity index is 231. The highest BCUT2D eigenvalue weighted by Gasteiger charge is 2.34. The second-order valence-corrected chi connectivity index (χ2v) is 6.48. The summed E-state index contributed by atoms with van der Waals surface area (Å²) < 4.78 is 5.81. The van der Waals surface area contributed by atoms with Crippen LogP contribution in [0, 0.1) is 5.41 Å². The predicted octanol–water partition coefficient (Wildman–Crippen LogP) is 2.66. The summed E-state index contributed by atoms with van der Waals surface area (Å²) in [6, 6.07) is 0. The minimum absolute atomic E-state index is 0.369. The lowest BCUT2D eigenvalue weighted by atomic mass is 9.81. The lowest BCUT2D eigenvalue weighted by molar-refractivity contribution is -0.0269. The lowest BCUT2D eigenvalue weighted by Gasteiger charge is -2.41. The van der Waals surface area contributed by atoms with E-state index in [0.29, 0.717) is 5.41 Å². The van der Waals surface area contributed by atoms with Crippen LogP contribution in [0.15, 0.2) is 0 Å². The number of ether oxygens (including phenoxy) is 1. The first-order chi connectivity index (χ1) is 9.35. The van der Waals surface area contributed by atoms with Crippen LogP contribution in [0.1, 0.15) is 51.9 Å². The van der Waals surface area contributed by atoms with Crippen molar-refractivity contribution in [1.29, 1.82) is 0 Å². The molecule has 2 heterocycles. The van der Waals surface area contributed by atoms with Crippen molar-refractivity contribution in [1.82, 2.24) is 10.2 Å². The molecular formula is C16H32N2O. The Labute approximate surface area is 119 Å². The maximum atomic E-state index is 5.81. The number of hydrogen-bond acceptors (Lipinski definition) is 3. The number of likely N-dealkylation sites (tertiary alicyclic amines) is 1. The molecule has 1 unspecified atom stereocenters. The number of hydrogen-bond donors (Lipinski definition) is 1. The van der Waals surface area contributed by atoms with Gasteiger partial charge in [0.05, 0.1) is 6.61 Å². The summed E-state index contributed by atoms with van der Waals surface area (Å²) in [6.07, 6.45) is 9.63. The van der Waals surface area contributed by atoms with E-state index >= 15 is 0 Å². The monoisotopic (exact) mass is 268 g/mol. The minimum Gasteiger partial charge on any atom is -0.381 e. The standard InChI is InChI=1S/C16H32N2O/c1-2-17-13-16(9-8-12-19-15-16)14-18-10-6-4-3-5-7-11-18/h17H,2-15H2,1H3. The molecule has 0 saturated carbocycles. The molecule has 3 nitrogen and oxygen atoms in total. The van der Waals surface area contributed by atoms with Gasteiger partial charge in [0.25, 0.3) is 0 Å². The van der Waals surface area contributed by atoms with E-state index in [4.69, 9.17) is 4.74 Å². The molecule has 1 N–H and O–H groups in total. The highest BCUT2D eigenvalue weighted by atomic mass is 16.5. The fourth-order valence-electron chi connectivity index (χ4n) is 3.57. The molecule has 2 saturated heterocycles. The Balaban J connectivity index is 1.89. The molecule has 3 heteroatoms. The molecule has 2 aliphatic rings. The van der Waals surface area contributed by atoms with Crippen molar-refractivity contribution >= 4 is 0 Å². The van der Waals surface area contributed by atoms with Crippen LogP contribution in [0.3, 0.4) is 0 Å². The Hall–Kier alpha value is -0.120. The van der Waals surface area contributed by atoms with E-state index < -0.39 is 0 Å². The summed E-state index contributed by atoms with van der Waals surface area (Å²) in [7, 11) is 0. The third kappa shape index (κ3) is 5.05. The van der Waals surface area contributed by atoms with E-state index in [9.17, 15) is 0 Å². The zero-order valence-corrected chi connectivity index (χ0v) is 12.8. The molecule has 2 fully saturated rings. The fraction of sp³-hybridized carbons (Fsp3) is 1.00. The molecule has 0 amide bonds. The minimum atomic E-state index is 0.369. The van der Waals surface area contributed by atoms with Gasteiger partial charge >= 0.3 is 0 Å². The van der Waals surface area contributed by atoms with E-state index in [2.05, 4.69) is 17.1 Å². The maximum Gasteiger partial charge on any atom is 0.0546 e. The Morgan fingerprint density at radius 3 is 2.42 bits per heavy atom. The Kier molecular flexibility index (Phi) is 6.62. The molecule has 0 aromatic carbocycles. The molecule has 2 rings (SSSR count). The van der Waals surface area contributed by atoms with Crippen LogP contribution in [-0.2, 0) is 4.74 Å². The van der Waals surface area contributed by atoms with E-state index in [1.54, 1.807) is 0 Å². The molecule has 0 aromatic rings. The number of nitrogens with one attached hydrogen (secondary N) is 1. The van der Waals surface area contributed by atoms with Crippen molar-refractivity contribution in [3.8, 4) is 0 Å². The van der Waals surface area contributed by atoms with Gasteiger partial charge in [0, 0.05) is 25.1 Å². The van der Waals surface area contributed by atoms with Crippen molar-refractivity contribution in [2.45, 2.75) is 51.9 Å². The van der Waals surface area contributed by atoms with Crippen LogP contribution in [0.4, 0.5) is 0 Å². The summed E-state index contributed by atoms with van der Waals surface area (Å²) in [5.74, 6) is 0. The molecule has 0 bridgehead atoms. The van der Waals surface area contributed by atoms with Crippen molar-refractivity contribution in [2.75, 3.05) is 45.9 Å². The average molecular weight is 268 g/mol. The van der Waals surface area contributed by atoms with Gasteiger partial charge in [-0.15, -0.1) is 0 Å². The maximum absolute atomic E-state index is 5.81. The normalized spacial score (nSPS) is 30.8. The van der Waals surface area contributed by atoms with Gasteiger partial charge in [0.1, 0.15) is 0 Å². The van der Waals surface area contributed by atoms with Crippen molar-refractivity contribution < 1.29 is 4.74 Å². The highest BCUT2D eigenvalue weighted by molar-refractivity contribution is 4.87. The van der Waals surface area contributed by atoms with Crippen LogP contribution in [-0.4, -0.2) is 50.8 Å². The smallest absolute Gasteiger partial charge is 0.0546 e. The second kappa shape index (κ2) is 8.23. The summed E-state index contributed by atoms with van der Waals surface area (Å²) in [5, 5.41) is 3.57. The first-order valence-corrected chi connectivity index (χ1v) is 8.35. The Morgan fingerprint density at radius 1 is 1.05 bits per heavy atom. The third-order valence-electron chi connectivity index (χ3n) is 4.66. The molecule has 0 aromatic heterocycles. The highest BCUT2D eigenvalue weighted by Crippen LogP contribution is 2.30. The van der Waals surface area contributed by atoms with Crippen molar-refractivity contribution in [2.24, 2.45) is 5.41 Å². The zero-order chi connectivity index (χ0) is 13.4. The molecule has 19 heavy (non-hydrogen) atoms. The topological polar surface area (TPSA) is 24.5 Å². The molecule has 112 valence electrons. The van der Waals surface area contributed by atoms with Crippen LogP contribution < -0.4 is 5.32 Å². The van der Waals surface area contributed by atoms with Crippen molar-refractivity contribution in [3.05, 3.63) is 0 Å². The molecule has 1 atom stereocenters. The SMILES string of the molecule is CCNCC1(CN2CCCCCCC2)CCCOC1. The van der Waals surface area contributed by atoms with Gasteiger partial charge in [-0.25, -0.2) is 0 Å². The first kappa shape index (κ1) is 15.3. The summed E-state index contributed by atoms with van der Waals surface area (Å²) >= 11 is 0. The molecule has 0 radical (unpaired) electrons. The largest absolute Gasteiger partial charge is 0.381 e. The van der Waals surface area contributed by atoms with Gasteiger partial charge < -0.3 is 15.0 Å². The van der Waals surface area contributed by atoms with E-state index in [1.807, 2.05) is 0 Å². The van der Waals surface area contributed by atoms with Crippen LogP contribution in [0.2, 0.25) is 0 Å². The lowest BCUT2D eigenvalue weighted by Crippen LogP contribution is -2.49. The van der Waals surface area contributed by atoms with Crippen LogP contribution in [0.25, 0.3) is 0 Å². The summed E-state index contributed by atoms with van der Waals surface area (Å²) in [4.78, 5) is 2.71. The van der Waals surface area contributed by atoms with Gasteiger partial charge in [-0.1, -0.05) is 26.2 Å². The van der Waals surface area contributed by atoms with Gasteiger partial charge in [-0.05, 0) is 45.3 Å². The predicted molar refractivity (Wildman–Crippen MR) is 80.6 cm³/mol. The van der Waals surface area contributed by atoms with Crippen LogP contribution in [0.5, 0.6) is 0 Å². The van der Waals surface area contributed by atoms with Gasteiger partial charge in [-0.3, -0.25) is 0 Å². The molecule has 2 aliphatic heterocycles. The average Bonchev–Trinajstić information content (AvgIpc) is 2.41. The molecule has 0 aliphatic carbocycles. The van der Waals surface area contributed by atoms with Crippen LogP contribution >= 0.6 is 0 Å². The summed E-state index contributed by atoms with van der Waals surface area (Å²) in [5.41, 5.74) is 0.369. The molecular weight excluding hydrogens is 236 g/mol. The van der Waals surface area contributed by atoms with Crippen molar-refractivity contribution in [3.63, 3.8) is 0 Å². The first-order valence-electron chi connectivity index (χ1n) is 8.35. The van der Waals surface area contributed by atoms with Gasteiger partial charge in [0.2, 0.25) is 0 Å². The quantitative estimate of drug-likeness (QED) is 0.829. The zero-order valence-electron chi connectivity index (χ0n) is 12.8. The second-order valence-electron chi connectivity index (χ2n) is 6.48. The fourth-order valence-corrected chi connectivity index (χ4v) is 3.57. The van der Waals surface area contributed by atoms with E-state index in [1.165, 1.54) is 64.6 Å². The van der Waals surface area contributed by atoms with E-state index in [-0.39, 0.29) is 0 Å². The van der Waals surface area contributed by atoms with E-state index in [0.717, 1.165) is 26.3 Å². The Morgan fingerprint density at radius 2 is 1.79 bits per heavy atom. The summed E-state index contributed by atoms with van der Waals surface area (Å²) in [6.45, 7) is 10.2. The van der Waals surface area contributed by atoms with Gasteiger partial charge in [-0.2, -0.15) is 0 Å². The molecule has 0 spiro atoms.